The predicted octanol–water partition coefficient (Wildman–Crippen LogP) is 0.555. The Morgan fingerprint density at radius 2 is 1.89 bits per heavy atom. The number of aromatic amines is 1. The summed E-state index contributed by atoms with van der Waals surface area (Å²) in [6, 6.07) is 12.9. The molecule has 2 aromatic rings. The number of benzene rings is 1. The molecule has 2 rings (SSSR count). The van der Waals surface area contributed by atoms with Gasteiger partial charge in [0.25, 0.3) is 0 Å². The van der Waals surface area contributed by atoms with Gasteiger partial charge in [0.05, 0.1) is 5.75 Å². The van der Waals surface area contributed by atoms with Gasteiger partial charge in [0.15, 0.2) is 11.9 Å². The van der Waals surface area contributed by atoms with Crippen LogP contribution in [0.5, 0.6) is 0 Å². The van der Waals surface area contributed by atoms with Gasteiger partial charge in [-0.15, -0.1) is 11.8 Å². The Morgan fingerprint density at radius 3 is 2.61 bits per heavy atom. The SMILES string of the molecule is Cc1ccc(C)c(CSCc2cccc[nH+]2)c1.[Cl-]. The topological polar surface area (TPSA) is 14.1 Å². The molecule has 0 spiro atoms. The molecule has 1 aromatic carbocycles. The van der Waals surface area contributed by atoms with Gasteiger partial charge in [-0.2, -0.15) is 0 Å². The van der Waals surface area contributed by atoms with Crippen LogP contribution in [0.2, 0.25) is 0 Å². The molecule has 0 aliphatic heterocycles. The summed E-state index contributed by atoms with van der Waals surface area (Å²) >= 11 is 1.95. The minimum Gasteiger partial charge on any atom is -1.00 e. The van der Waals surface area contributed by atoms with Crippen molar-refractivity contribution in [2.75, 3.05) is 0 Å². The lowest BCUT2D eigenvalue weighted by atomic mass is 10.1. The van der Waals surface area contributed by atoms with Gasteiger partial charge in [-0.05, 0) is 25.0 Å². The minimum absolute atomic E-state index is 0. The zero-order chi connectivity index (χ0) is 12.1. The van der Waals surface area contributed by atoms with Crippen molar-refractivity contribution in [3.05, 3.63) is 65.0 Å². The molecule has 1 N–H and O–H groups in total. The highest BCUT2D eigenvalue weighted by atomic mass is 35.5. The number of nitrogens with one attached hydrogen (secondary N) is 1. The third-order valence-corrected chi connectivity index (χ3v) is 3.82. The van der Waals surface area contributed by atoms with Gasteiger partial charge < -0.3 is 12.4 Å². The van der Waals surface area contributed by atoms with Crippen LogP contribution in [0, 0.1) is 13.8 Å². The summed E-state index contributed by atoms with van der Waals surface area (Å²) in [5.74, 6) is 2.12. The Kier molecular flexibility index (Phi) is 6.23. The molecule has 3 heteroatoms. The number of hydrogen-bond acceptors (Lipinski definition) is 1. The summed E-state index contributed by atoms with van der Waals surface area (Å²) in [7, 11) is 0. The van der Waals surface area contributed by atoms with Gasteiger partial charge in [-0.3, -0.25) is 0 Å². The Bertz CT molecular complexity index is 485. The zero-order valence-electron chi connectivity index (χ0n) is 10.7. The van der Waals surface area contributed by atoms with E-state index >= 15 is 0 Å². The van der Waals surface area contributed by atoms with Crippen molar-refractivity contribution in [1.82, 2.24) is 0 Å². The number of rotatable bonds is 4. The largest absolute Gasteiger partial charge is 1.00 e. The van der Waals surface area contributed by atoms with Crippen molar-refractivity contribution >= 4 is 11.8 Å². The summed E-state index contributed by atoms with van der Waals surface area (Å²) in [6.45, 7) is 4.34. The third-order valence-electron chi connectivity index (χ3n) is 2.79. The first-order valence-electron chi connectivity index (χ1n) is 5.85. The molecule has 18 heavy (non-hydrogen) atoms. The molecular formula is C15H18ClNS. The molecule has 1 heterocycles. The fraction of sp³-hybridized carbons (Fsp3) is 0.267. The standard InChI is InChI=1S/C15H17NS.ClH/c1-12-6-7-13(2)14(9-12)10-17-11-15-5-3-4-8-16-15;/h3-9H,10-11H2,1-2H3;1H. The summed E-state index contributed by atoms with van der Waals surface area (Å²) in [5.41, 5.74) is 5.46. The number of thioether (sulfide) groups is 1. The van der Waals surface area contributed by atoms with E-state index in [-0.39, 0.29) is 12.4 Å². The van der Waals surface area contributed by atoms with Crippen LogP contribution >= 0.6 is 11.8 Å². The molecule has 0 amide bonds. The van der Waals surface area contributed by atoms with E-state index in [9.17, 15) is 0 Å². The smallest absolute Gasteiger partial charge is 0.189 e. The number of H-pyrrole nitrogens is 1. The summed E-state index contributed by atoms with van der Waals surface area (Å²) in [6.07, 6.45) is 1.98. The van der Waals surface area contributed by atoms with E-state index in [1.165, 1.54) is 22.4 Å². The molecule has 96 valence electrons. The number of pyridine rings is 1. The quantitative estimate of drug-likeness (QED) is 0.798. The highest BCUT2D eigenvalue weighted by Crippen LogP contribution is 2.19. The maximum atomic E-state index is 3.26. The van der Waals surface area contributed by atoms with Crippen LogP contribution in [0.3, 0.4) is 0 Å². The first kappa shape index (κ1) is 15.1. The van der Waals surface area contributed by atoms with Gasteiger partial charge in [-0.1, -0.05) is 29.8 Å². The highest BCUT2D eigenvalue weighted by molar-refractivity contribution is 7.97. The van der Waals surface area contributed by atoms with E-state index in [1.807, 2.05) is 24.0 Å². The molecule has 0 radical (unpaired) electrons. The molecule has 1 nitrogen and oxygen atoms in total. The third kappa shape index (κ3) is 4.35. The molecule has 0 fully saturated rings. The molecule has 0 saturated carbocycles. The fourth-order valence-corrected chi connectivity index (χ4v) is 2.78. The Labute approximate surface area is 119 Å². The molecule has 0 atom stereocenters. The molecular weight excluding hydrogens is 262 g/mol. The molecule has 0 unspecified atom stereocenters. The average molecular weight is 280 g/mol. The molecule has 0 saturated heterocycles. The molecule has 0 aliphatic rings. The summed E-state index contributed by atoms with van der Waals surface area (Å²) in [5, 5.41) is 0. The van der Waals surface area contributed by atoms with E-state index < -0.39 is 0 Å². The monoisotopic (exact) mass is 279 g/mol. The van der Waals surface area contributed by atoms with E-state index in [0.29, 0.717) is 0 Å². The van der Waals surface area contributed by atoms with Gasteiger partial charge in [0.1, 0.15) is 0 Å². The van der Waals surface area contributed by atoms with Crippen molar-refractivity contribution in [3.8, 4) is 0 Å². The number of halogens is 1. The van der Waals surface area contributed by atoms with E-state index in [2.05, 4.69) is 49.2 Å². The molecule has 1 aromatic heterocycles. The van der Waals surface area contributed by atoms with Gasteiger partial charge in [0.2, 0.25) is 0 Å². The highest BCUT2D eigenvalue weighted by Gasteiger charge is 2.02. The van der Waals surface area contributed by atoms with Gasteiger partial charge in [0, 0.05) is 17.9 Å². The minimum atomic E-state index is 0. The zero-order valence-corrected chi connectivity index (χ0v) is 12.3. The van der Waals surface area contributed by atoms with Crippen LogP contribution in [0.25, 0.3) is 0 Å². The number of hydrogen-bond donors (Lipinski definition) is 0. The first-order valence-corrected chi connectivity index (χ1v) is 7.00. The van der Waals surface area contributed by atoms with E-state index in [1.54, 1.807) is 0 Å². The lowest BCUT2D eigenvalue weighted by Gasteiger charge is -2.05. The molecule has 0 bridgehead atoms. The van der Waals surface area contributed by atoms with Crippen molar-refractivity contribution in [2.24, 2.45) is 0 Å². The average Bonchev–Trinajstić information content (AvgIpc) is 2.35. The number of aromatic nitrogens is 1. The van der Waals surface area contributed by atoms with Crippen molar-refractivity contribution in [1.29, 1.82) is 0 Å². The predicted molar refractivity (Wildman–Crippen MR) is 73.9 cm³/mol. The van der Waals surface area contributed by atoms with Gasteiger partial charge in [-0.25, -0.2) is 4.98 Å². The second kappa shape index (κ2) is 7.45. The first-order chi connectivity index (χ1) is 8.25. The Morgan fingerprint density at radius 1 is 1.06 bits per heavy atom. The van der Waals surface area contributed by atoms with Crippen LogP contribution in [0.4, 0.5) is 0 Å². The maximum Gasteiger partial charge on any atom is 0.189 e. The summed E-state index contributed by atoms with van der Waals surface area (Å²) < 4.78 is 0. The van der Waals surface area contributed by atoms with Crippen LogP contribution in [-0.4, -0.2) is 0 Å². The Balaban J connectivity index is 0.00000162. The lowest BCUT2D eigenvalue weighted by molar-refractivity contribution is -0.388. The van der Waals surface area contributed by atoms with Crippen LogP contribution < -0.4 is 17.4 Å². The van der Waals surface area contributed by atoms with Crippen LogP contribution in [-0.2, 0) is 11.5 Å². The Hall–Kier alpha value is -0.990. The van der Waals surface area contributed by atoms with Crippen molar-refractivity contribution < 1.29 is 17.4 Å². The van der Waals surface area contributed by atoms with Crippen molar-refractivity contribution in [3.63, 3.8) is 0 Å². The molecule has 0 aliphatic carbocycles. The summed E-state index contributed by atoms with van der Waals surface area (Å²) in [4.78, 5) is 3.26. The maximum absolute atomic E-state index is 3.26. The van der Waals surface area contributed by atoms with Crippen LogP contribution in [0.15, 0.2) is 42.6 Å². The second-order valence-corrected chi connectivity index (χ2v) is 5.30. The second-order valence-electron chi connectivity index (χ2n) is 4.31. The number of aryl methyl sites for hydroxylation is 2. The van der Waals surface area contributed by atoms with Gasteiger partial charge >= 0.3 is 0 Å². The van der Waals surface area contributed by atoms with E-state index in [4.69, 9.17) is 0 Å². The van der Waals surface area contributed by atoms with Crippen molar-refractivity contribution in [2.45, 2.75) is 25.4 Å². The lowest BCUT2D eigenvalue weighted by Crippen LogP contribution is -3.00. The van der Waals surface area contributed by atoms with Crippen LogP contribution in [0.1, 0.15) is 22.4 Å². The normalized spacial score (nSPS) is 9.89. The fourth-order valence-electron chi connectivity index (χ4n) is 1.75. The van der Waals surface area contributed by atoms with E-state index in [0.717, 1.165) is 11.5 Å².